The monoisotopic (exact) mass is 444 g/mol. The van der Waals surface area contributed by atoms with Gasteiger partial charge in [0.1, 0.15) is 11.3 Å². The zero-order chi connectivity index (χ0) is 22.1. The molecule has 3 aromatic carbocycles. The number of carbonyl (C=O) groups excluding carboxylic acids is 1. The Hall–Kier alpha value is -3.37. The Kier molecular flexibility index (Phi) is 5.54. The topological polar surface area (TPSA) is 56.5 Å². The Bertz CT molecular complexity index is 1340. The molecule has 1 aliphatic rings. The van der Waals surface area contributed by atoms with Gasteiger partial charge in [-0.3, -0.25) is 4.79 Å². The van der Waals surface area contributed by atoms with Crippen molar-refractivity contribution in [3.05, 3.63) is 110 Å². The summed E-state index contributed by atoms with van der Waals surface area (Å²) in [5.41, 5.74) is 3.31. The summed E-state index contributed by atoms with van der Waals surface area (Å²) in [4.78, 5) is 25.8. The van der Waals surface area contributed by atoms with Crippen molar-refractivity contribution < 1.29 is 13.9 Å². The Morgan fingerprint density at radius 3 is 2.38 bits per heavy atom. The molecule has 0 N–H and O–H groups in total. The highest BCUT2D eigenvalue weighted by atomic mass is 35.5. The van der Waals surface area contributed by atoms with Gasteiger partial charge in [0, 0.05) is 33.2 Å². The first-order valence-electron chi connectivity index (χ1n) is 10.7. The maximum Gasteiger partial charge on any atom is 0.339 e. The zero-order valence-corrected chi connectivity index (χ0v) is 18.1. The number of benzene rings is 3. The second kappa shape index (κ2) is 8.64. The molecule has 160 valence electrons. The van der Waals surface area contributed by atoms with Crippen LogP contribution in [0.15, 0.2) is 82.0 Å². The minimum Gasteiger partial charge on any atom is -0.477 e. The van der Waals surface area contributed by atoms with Crippen LogP contribution in [-0.4, -0.2) is 5.78 Å². The van der Waals surface area contributed by atoms with Crippen LogP contribution >= 0.6 is 11.6 Å². The molecule has 1 atom stereocenters. The molecule has 1 heterocycles. The Labute approximate surface area is 190 Å². The number of rotatable bonds is 5. The first-order valence-corrected chi connectivity index (χ1v) is 11.1. The maximum atomic E-state index is 13.3. The highest BCUT2D eigenvalue weighted by molar-refractivity contribution is 6.30. The van der Waals surface area contributed by atoms with Gasteiger partial charge in [-0.15, -0.1) is 0 Å². The molecule has 0 aliphatic heterocycles. The average Bonchev–Trinajstić information content (AvgIpc) is 2.83. The van der Waals surface area contributed by atoms with Gasteiger partial charge >= 0.3 is 5.63 Å². The number of carbonyl (C=O) groups is 1. The highest BCUT2D eigenvalue weighted by Gasteiger charge is 2.25. The lowest BCUT2D eigenvalue weighted by Gasteiger charge is -2.20. The van der Waals surface area contributed by atoms with Crippen LogP contribution in [0.2, 0.25) is 5.02 Å². The summed E-state index contributed by atoms with van der Waals surface area (Å²) in [6.07, 6.45) is 2.86. The number of ether oxygens (including phenoxy) is 1. The number of aryl methyl sites for hydroxylation is 1. The summed E-state index contributed by atoms with van der Waals surface area (Å²) < 4.78 is 11.8. The Morgan fingerprint density at radius 2 is 1.62 bits per heavy atom. The van der Waals surface area contributed by atoms with E-state index in [0.717, 1.165) is 47.8 Å². The van der Waals surface area contributed by atoms with Crippen molar-refractivity contribution in [1.29, 1.82) is 0 Å². The molecule has 0 spiro atoms. The lowest BCUT2D eigenvalue weighted by Crippen LogP contribution is -2.19. The smallest absolute Gasteiger partial charge is 0.339 e. The van der Waals surface area contributed by atoms with E-state index in [1.165, 1.54) is 0 Å². The molecular weight excluding hydrogens is 424 g/mol. The van der Waals surface area contributed by atoms with Gasteiger partial charge in [-0.2, -0.15) is 0 Å². The van der Waals surface area contributed by atoms with Crippen LogP contribution in [0.25, 0.3) is 11.0 Å². The van der Waals surface area contributed by atoms with Crippen molar-refractivity contribution in [3.8, 4) is 5.75 Å². The molecule has 5 heteroatoms. The van der Waals surface area contributed by atoms with E-state index in [1.54, 1.807) is 30.3 Å². The van der Waals surface area contributed by atoms with E-state index in [2.05, 4.69) is 0 Å². The van der Waals surface area contributed by atoms with Gasteiger partial charge in [-0.25, -0.2) is 4.79 Å². The summed E-state index contributed by atoms with van der Waals surface area (Å²) in [5.74, 6) is 0.285. The van der Waals surface area contributed by atoms with Crippen LogP contribution in [-0.2, 0) is 12.8 Å². The third-order valence-corrected chi connectivity index (χ3v) is 6.17. The van der Waals surface area contributed by atoms with Crippen LogP contribution in [0.3, 0.4) is 0 Å². The fourth-order valence-corrected chi connectivity index (χ4v) is 4.43. The summed E-state index contributed by atoms with van der Waals surface area (Å²) in [6, 6.07) is 21.6. The number of fused-ring (bicyclic) bond motifs is 3. The minimum absolute atomic E-state index is 0.181. The first kappa shape index (κ1) is 20.5. The second-order valence-corrected chi connectivity index (χ2v) is 8.43. The number of Topliss-reactive ketones (excluding diaryl/α,β-unsaturated/α-hetero) is 1. The van der Waals surface area contributed by atoms with Crippen molar-refractivity contribution in [1.82, 2.24) is 0 Å². The molecular formula is C27H21ClO4. The van der Waals surface area contributed by atoms with Crippen molar-refractivity contribution in [3.63, 3.8) is 0 Å². The number of halogens is 1. The normalized spacial score (nSPS) is 14.0. The lowest BCUT2D eigenvalue weighted by atomic mass is 9.91. The third kappa shape index (κ3) is 3.94. The van der Waals surface area contributed by atoms with E-state index in [-0.39, 0.29) is 11.4 Å². The minimum atomic E-state index is -0.848. The fourth-order valence-electron chi connectivity index (χ4n) is 4.30. The van der Waals surface area contributed by atoms with E-state index in [0.29, 0.717) is 21.9 Å². The molecule has 0 amide bonds. The summed E-state index contributed by atoms with van der Waals surface area (Å²) in [6.45, 7) is 0. The van der Waals surface area contributed by atoms with Gasteiger partial charge in [0.05, 0.1) is 0 Å². The molecule has 0 fully saturated rings. The van der Waals surface area contributed by atoms with Gasteiger partial charge in [-0.1, -0.05) is 41.9 Å². The quantitative estimate of drug-likeness (QED) is 0.266. The molecule has 1 aromatic heterocycles. The average molecular weight is 445 g/mol. The Morgan fingerprint density at radius 1 is 0.906 bits per heavy atom. The SMILES string of the molecule is O=C(c1ccc(Cl)cc1)[C@H](Oc1ccc2c3c(c(=O)oc2c1)CCCC3)c1ccccc1. The number of ketones is 1. The molecule has 32 heavy (non-hydrogen) atoms. The van der Waals surface area contributed by atoms with E-state index >= 15 is 0 Å². The molecule has 0 saturated heterocycles. The summed E-state index contributed by atoms with van der Waals surface area (Å²) in [7, 11) is 0. The van der Waals surface area contributed by atoms with E-state index < -0.39 is 6.10 Å². The van der Waals surface area contributed by atoms with Crippen LogP contribution in [0, 0.1) is 0 Å². The summed E-state index contributed by atoms with van der Waals surface area (Å²) in [5, 5.41) is 1.50. The molecule has 0 bridgehead atoms. The lowest BCUT2D eigenvalue weighted by molar-refractivity contribution is 0.0792. The number of hydrogen-bond acceptors (Lipinski definition) is 4. The van der Waals surface area contributed by atoms with Gasteiger partial charge in [-0.05, 0) is 67.6 Å². The van der Waals surface area contributed by atoms with E-state index in [9.17, 15) is 9.59 Å². The second-order valence-electron chi connectivity index (χ2n) is 7.99. The van der Waals surface area contributed by atoms with Gasteiger partial charge in [0.25, 0.3) is 0 Å². The first-order chi connectivity index (χ1) is 15.6. The van der Waals surface area contributed by atoms with Crippen LogP contribution in [0.5, 0.6) is 5.75 Å². The predicted octanol–water partition coefficient (Wildman–Crippen LogP) is 6.33. The highest BCUT2D eigenvalue weighted by Crippen LogP contribution is 2.32. The molecule has 0 radical (unpaired) electrons. The van der Waals surface area contributed by atoms with Crippen LogP contribution in [0.1, 0.15) is 46.0 Å². The van der Waals surface area contributed by atoms with E-state index in [1.807, 2.05) is 42.5 Å². The van der Waals surface area contributed by atoms with Crippen molar-refractivity contribution in [2.45, 2.75) is 31.8 Å². The predicted molar refractivity (Wildman–Crippen MR) is 125 cm³/mol. The zero-order valence-electron chi connectivity index (χ0n) is 17.3. The molecule has 4 nitrogen and oxygen atoms in total. The molecule has 5 rings (SSSR count). The standard InChI is InChI=1S/C27H21ClO4/c28-19-12-10-17(11-13-19)25(29)26(18-6-2-1-3-7-18)31-20-14-15-22-21-8-4-5-9-23(21)27(30)32-24(22)16-20/h1-3,6-7,10-16,26H,4-5,8-9H2/t26-/m1/s1. The molecule has 0 unspecified atom stereocenters. The van der Waals surface area contributed by atoms with Crippen molar-refractivity contribution >= 4 is 28.4 Å². The van der Waals surface area contributed by atoms with Crippen LogP contribution in [0.4, 0.5) is 0 Å². The maximum absolute atomic E-state index is 13.3. The molecule has 4 aromatic rings. The van der Waals surface area contributed by atoms with Gasteiger partial charge in [0.15, 0.2) is 6.10 Å². The molecule has 0 saturated carbocycles. The fraction of sp³-hybridized carbons (Fsp3) is 0.185. The van der Waals surface area contributed by atoms with Crippen molar-refractivity contribution in [2.24, 2.45) is 0 Å². The van der Waals surface area contributed by atoms with Crippen molar-refractivity contribution in [2.75, 3.05) is 0 Å². The third-order valence-electron chi connectivity index (χ3n) is 5.92. The van der Waals surface area contributed by atoms with E-state index in [4.69, 9.17) is 20.8 Å². The van der Waals surface area contributed by atoms with Gasteiger partial charge < -0.3 is 9.15 Å². The van der Waals surface area contributed by atoms with Gasteiger partial charge in [0.2, 0.25) is 5.78 Å². The molecule has 1 aliphatic carbocycles. The largest absolute Gasteiger partial charge is 0.477 e. The Balaban J connectivity index is 1.54. The van der Waals surface area contributed by atoms with Crippen LogP contribution < -0.4 is 10.4 Å². The number of hydrogen-bond donors (Lipinski definition) is 0. The summed E-state index contributed by atoms with van der Waals surface area (Å²) >= 11 is 5.98.